The minimum absolute atomic E-state index is 0.0536. The summed E-state index contributed by atoms with van der Waals surface area (Å²) in [6.45, 7) is 0.606. The van der Waals surface area contributed by atoms with Crippen LogP contribution in [0.15, 0.2) is 12.1 Å². The molecule has 2 atom stereocenters. The van der Waals surface area contributed by atoms with Crippen molar-refractivity contribution in [3.05, 3.63) is 23.3 Å². The van der Waals surface area contributed by atoms with Gasteiger partial charge < -0.3 is 19.1 Å². The quantitative estimate of drug-likeness (QED) is 0.763. The first-order valence-corrected chi connectivity index (χ1v) is 7.35. The summed E-state index contributed by atoms with van der Waals surface area (Å²) in [4.78, 5) is 26.0. The van der Waals surface area contributed by atoms with Crippen molar-refractivity contribution in [2.24, 2.45) is 0 Å². The van der Waals surface area contributed by atoms with Gasteiger partial charge in [0.15, 0.2) is 11.5 Å². The minimum atomic E-state index is -0.665. The number of nitrogens with zero attached hydrogens (tertiary/aromatic N) is 1. The van der Waals surface area contributed by atoms with Crippen molar-refractivity contribution in [2.75, 3.05) is 20.8 Å². The molecule has 3 heterocycles. The molecular formula is C16H17NO5. The van der Waals surface area contributed by atoms with Gasteiger partial charge in [-0.1, -0.05) is 0 Å². The van der Waals surface area contributed by atoms with E-state index in [0.29, 0.717) is 18.0 Å². The first kappa shape index (κ1) is 13.4. The molecule has 1 amide bonds. The van der Waals surface area contributed by atoms with Gasteiger partial charge in [-0.2, -0.15) is 0 Å². The van der Waals surface area contributed by atoms with E-state index in [-0.39, 0.29) is 24.7 Å². The molecule has 0 aliphatic carbocycles. The van der Waals surface area contributed by atoms with E-state index in [1.54, 1.807) is 14.2 Å². The summed E-state index contributed by atoms with van der Waals surface area (Å²) in [6.07, 6.45) is 0.819. The van der Waals surface area contributed by atoms with E-state index >= 15 is 0 Å². The summed E-state index contributed by atoms with van der Waals surface area (Å²) in [5.41, 5.74) is 1.38. The Morgan fingerprint density at radius 1 is 1.23 bits per heavy atom. The highest BCUT2D eigenvalue weighted by atomic mass is 16.6. The molecule has 116 valence electrons. The normalized spacial score (nSPS) is 28.8. The molecule has 3 aliphatic heterocycles. The maximum Gasteiger partial charge on any atom is 0.309 e. The van der Waals surface area contributed by atoms with E-state index in [1.165, 1.54) is 0 Å². The molecule has 0 aromatic heterocycles. The number of esters is 1. The van der Waals surface area contributed by atoms with Crippen molar-refractivity contribution < 1.29 is 23.8 Å². The molecule has 3 aliphatic rings. The third-order valence-corrected chi connectivity index (χ3v) is 5.04. The zero-order valence-electron chi connectivity index (χ0n) is 12.5. The van der Waals surface area contributed by atoms with Crippen molar-refractivity contribution in [3.8, 4) is 11.5 Å². The second-order valence-electron chi connectivity index (χ2n) is 5.94. The lowest BCUT2D eigenvalue weighted by Crippen LogP contribution is -2.50. The fraction of sp³-hybridized carbons (Fsp3) is 0.500. The number of amides is 1. The van der Waals surface area contributed by atoms with Gasteiger partial charge in [-0.15, -0.1) is 0 Å². The first-order chi connectivity index (χ1) is 10.6. The number of carbonyl (C=O) groups excluding carboxylic acids is 2. The topological polar surface area (TPSA) is 65.1 Å². The minimum Gasteiger partial charge on any atom is -0.493 e. The van der Waals surface area contributed by atoms with Crippen LogP contribution in [-0.2, 0) is 26.3 Å². The summed E-state index contributed by atoms with van der Waals surface area (Å²) in [7, 11) is 3.18. The van der Waals surface area contributed by atoms with Crippen LogP contribution in [0.25, 0.3) is 0 Å². The van der Waals surface area contributed by atoms with Crippen LogP contribution in [-0.4, -0.2) is 43.6 Å². The Hall–Kier alpha value is -2.24. The smallest absolute Gasteiger partial charge is 0.309 e. The summed E-state index contributed by atoms with van der Waals surface area (Å²) < 4.78 is 16.2. The lowest BCUT2D eigenvalue weighted by molar-refractivity contribution is -0.142. The third kappa shape index (κ3) is 1.50. The van der Waals surface area contributed by atoms with Crippen LogP contribution in [0.1, 0.15) is 24.0 Å². The van der Waals surface area contributed by atoms with E-state index in [4.69, 9.17) is 14.2 Å². The number of rotatable bonds is 2. The number of hydrogen-bond acceptors (Lipinski definition) is 5. The molecule has 4 rings (SSSR count). The summed E-state index contributed by atoms with van der Waals surface area (Å²) in [6, 6.07) is 3.84. The molecule has 6 heteroatoms. The Labute approximate surface area is 127 Å². The van der Waals surface area contributed by atoms with E-state index in [1.807, 2.05) is 17.0 Å². The molecule has 0 N–H and O–H groups in total. The zero-order chi connectivity index (χ0) is 15.5. The Bertz CT molecular complexity index is 685. The van der Waals surface area contributed by atoms with Crippen molar-refractivity contribution in [3.63, 3.8) is 0 Å². The fourth-order valence-corrected chi connectivity index (χ4v) is 4.10. The lowest BCUT2D eigenvalue weighted by atomic mass is 9.77. The monoisotopic (exact) mass is 303 g/mol. The van der Waals surface area contributed by atoms with Crippen molar-refractivity contribution in [1.82, 2.24) is 4.90 Å². The molecule has 0 unspecified atom stereocenters. The number of hydrogen-bond donors (Lipinski definition) is 0. The predicted molar refractivity (Wildman–Crippen MR) is 75.8 cm³/mol. The van der Waals surface area contributed by atoms with Crippen LogP contribution in [0.4, 0.5) is 0 Å². The standard InChI is InChI=1S/C16H17NO5/c1-20-11-5-9-3-4-17-14(18)7-13-16(17,8-15(19)22-13)10(9)6-12(11)21-2/h5-6,13H,3-4,7-8H2,1-2H3/t13-,16+/m0/s1. The molecule has 0 radical (unpaired) electrons. The summed E-state index contributed by atoms with van der Waals surface area (Å²) in [5, 5.41) is 0. The van der Waals surface area contributed by atoms with Gasteiger partial charge in [0, 0.05) is 6.54 Å². The highest BCUT2D eigenvalue weighted by molar-refractivity contribution is 5.87. The van der Waals surface area contributed by atoms with Gasteiger partial charge in [-0.05, 0) is 29.7 Å². The maximum absolute atomic E-state index is 12.3. The van der Waals surface area contributed by atoms with E-state index in [2.05, 4.69) is 0 Å². The van der Waals surface area contributed by atoms with Crippen LogP contribution in [0, 0.1) is 0 Å². The molecule has 1 aromatic carbocycles. The van der Waals surface area contributed by atoms with Gasteiger partial charge in [-0.3, -0.25) is 9.59 Å². The predicted octanol–water partition coefficient (Wildman–Crippen LogP) is 1.00. The molecule has 0 bridgehead atoms. The number of methoxy groups -OCH3 is 2. The third-order valence-electron chi connectivity index (χ3n) is 5.04. The van der Waals surface area contributed by atoms with Gasteiger partial charge in [-0.25, -0.2) is 0 Å². The van der Waals surface area contributed by atoms with Crippen LogP contribution < -0.4 is 9.47 Å². The van der Waals surface area contributed by atoms with E-state index in [9.17, 15) is 9.59 Å². The maximum atomic E-state index is 12.3. The molecule has 1 spiro atoms. The molecule has 1 aromatic rings. The second-order valence-corrected chi connectivity index (χ2v) is 5.94. The Morgan fingerprint density at radius 2 is 1.95 bits per heavy atom. The molecule has 0 saturated carbocycles. The van der Waals surface area contributed by atoms with Crippen molar-refractivity contribution in [1.29, 1.82) is 0 Å². The SMILES string of the molecule is COc1cc2c(cc1OC)[C@]13CC(=O)O[C@H]1CC(=O)N3CC2. The van der Waals surface area contributed by atoms with Crippen LogP contribution in [0.3, 0.4) is 0 Å². The van der Waals surface area contributed by atoms with Crippen LogP contribution in [0.2, 0.25) is 0 Å². The highest BCUT2D eigenvalue weighted by Gasteiger charge is 2.62. The fourth-order valence-electron chi connectivity index (χ4n) is 4.10. The number of fused-ring (bicyclic) bond motifs is 1. The average molecular weight is 303 g/mol. The van der Waals surface area contributed by atoms with Gasteiger partial charge in [0.25, 0.3) is 0 Å². The average Bonchev–Trinajstić information content (AvgIpc) is 2.95. The van der Waals surface area contributed by atoms with Gasteiger partial charge in [0.05, 0.1) is 27.1 Å². The number of benzene rings is 1. The summed E-state index contributed by atoms with van der Waals surface area (Å²) in [5.74, 6) is 1.08. The second kappa shape index (κ2) is 4.38. The Morgan fingerprint density at radius 3 is 2.68 bits per heavy atom. The number of carbonyl (C=O) groups is 2. The van der Waals surface area contributed by atoms with Crippen LogP contribution in [0.5, 0.6) is 11.5 Å². The highest BCUT2D eigenvalue weighted by Crippen LogP contribution is 2.53. The Balaban J connectivity index is 1.94. The summed E-state index contributed by atoms with van der Waals surface area (Å²) >= 11 is 0. The molecule has 22 heavy (non-hydrogen) atoms. The zero-order valence-corrected chi connectivity index (χ0v) is 12.5. The van der Waals surface area contributed by atoms with Gasteiger partial charge in [0.1, 0.15) is 11.6 Å². The van der Waals surface area contributed by atoms with Gasteiger partial charge >= 0.3 is 5.97 Å². The lowest BCUT2D eigenvalue weighted by Gasteiger charge is -2.42. The van der Waals surface area contributed by atoms with Gasteiger partial charge in [0.2, 0.25) is 5.91 Å². The van der Waals surface area contributed by atoms with E-state index < -0.39 is 11.6 Å². The first-order valence-electron chi connectivity index (χ1n) is 7.35. The van der Waals surface area contributed by atoms with Crippen molar-refractivity contribution >= 4 is 11.9 Å². The Kier molecular flexibility index (Phi) is 2.67. The molecule has 2 saturated heterocycles. The molecule has 6 nitrogen and oxygen atoms in total. The largest absolute Gasteiger partial charge is 0.493 e. The molecule has 2 fully saturated rings. The van der Waals surface area contributed by atoms with Crippen LogP contribution >= 0.6 is 0 Å². The van der Waals surface area contributed by atoms with E-state index in [0.717, 1.165) is 17.5 Å². The molecular weight excluding hydrogens is 286 g/mol. The number of ether oxygens (including phenoxy) is 3. The van der Waals surface area contributed by atoms with Crippen molar-refractivity contribution in [2.45, 2.75) is 30.9 Å².